The molecule has 0 aromatic carbocycles. The molecular formula is C13H24. The molecule has 0 amide bonds. The Labute approximate surface area is 83.1 Å². The topological polar surface area (TPSA) is 0 Å². The van der Waals surface area contributed by atoms with Gasteiger partial charge in [-0.15, -0.1) is 0 Å². The molecule has 0 aromatic heterocycles. The highest BCUT2D eigenvalue weighted by Crippen LogP contribution is 2.60. The number of fused-ring (bicyclic) bond motifs is 3. The minimum absolute atomic E-state index is 0.761. The maximum atomic E-state index is 2.43. The van der Waals surface area contributed by atoms with Gasteiger partial charge in [-0.3, -0.25) is 0 Å². The van der Waals surface area contributed by atoms with E-state index >= 15 is 0 Å². The van der Waals surface area contributed by atoms with Crippen molar-refractivity contribution in [3.05, 3.63) is 0 Å². The maximum absolute atomic E-state index is 2.43. The summed E-state index contributed by atoms with van der Waals surface area (Å²) in [5, 5.41) is 0. The molecule has 2 bridgehead atoms. The number of hydrogen-bond donors (Lipinski definition) is 0. The molecule has 0 nitrogen and oxygen atoms in total. The van der Waals surface area contributed by atoms with Crippen LogP contribution < -0.4 is 0 Å². The first-order valence-corrected chi connectivity index (χ1v) is 6.13. The summed E-state index contributed by atoms with van der Waals surface area (Å²) in [6, 6.07) is 0. The molecule has 13 heavy (non-hydrogen) atoms. The molecule has 3 rings (SSSR count). The van der Waals surface area contributed by atoms with E-state index < -0.39 is 0 Å². The highest BCUT2D eigenvalue weighted by atomic mass is 14.5. The van der Waals surface area contributed by atoms with E-state index in [2.05, 4.69) is 20.8 Å². The Bertz CT molecular complexity index is 166. The Morgan fingerprint density at radius 3 is 1.69 bits per heavy atom. The number of hydrogen-bond acceptors (Lipinski definition) is 0. The van der Waals surface area contributed by atoms with Crippen LogP contribution in [-0.4, -0.2) is 0 Å². The van der Waals surface area contributed by atoms with Crippen molar-refractivity contribution in [2.24, 2.45) is 16.7 Å². The van der Waals surface area contributed by atoms with E-state index in [4.69, 9.17) is 0 Å². The highest BCUT2D eigenvalue weighted by molar-refractivity contribution is 4.99. The van der Waals surface area contributed by atoms with Gasteiger partial charge in [-0.1, -0.05) is 27.2 Å². The van der Waals surface area contributed by atoms with Gasteiger partial charge in [-0.2, -0.15) is 0 Å². The summed E-state index contributed by atoms with van der Waals surface area (Å²) in [6.45, 7) is 7.27. The lowest BCUT2D eigenvalue weighted by atomic mass is 9.50. The zero-order valence-electron chi connectivity index (χ0n) is 9.53. The van der Waals surface area contributed by atoms with E-state index in [-0.39, 0.29) is 0 Å². The zero-order valence-corrected chi connectivity index (χ0v) is 9.53. The van der Waals surface area contributed by atoms with E-state index in [1.165, 1.54) is 44.9 Å². The van der Waals surface area contributed by atoms with E-state index in [1.807, 2.05) is 0 Å². The average molecular weight is 180 g/mol. The van der Waals surface area contributed by atoms with Crippen LogP contribution >= 0.6 is 0 Å². The van der Waals surface area contributed by atoms with E-state index in [1.54, 1.807) is 0 Å². The third-order valence-corrected chi connectivity index (χ3v) is 5.43. The van der Waals surface area contributed by atoms with Crippen LogP contribution in [0.2, 0.25) is 0 Å². The molecule has 3 aliphatic carbocycles. The zero-order chi connectivity index (χ0) is 9.53. The van der Waals surface area contributed by atoms with Gasteiger partial charge in [0, 0.05) is 0 Å². The second-order valence-electron chi connectivity index (χ2n) is 5.87. The van der Waals surface area contributed by atoms with Crippen LogP contribution in [0.3, 0.4) is 0 Å². The molecule has 0 saturated heterocycles. The molecule has 76 valence electrons. The minimum atomic E-state index is 0.761. The van der Waals surface area contributed by atoms with Gasteiger partial charge in [0.15, 0.2) is 0 Å². The quantitative estimate of drug-likeness (QED) is 0.591. The lowest BCUT2D eigenvalue weighted by molar-refractivity contribution is -0.0400. The molecule has 0 aliphatic heterocycles. The normalized spacial score (nSPS) is 44.3. The molecule has 0 aromatic rings. The molecule has 0 atom stereocenters. The van der Waals surface area contributed by atoms with Gasteiger partial charge in [-0.05, 0) is 55.3 Å². The van der Waals surface area contributed by atoms with Gasteiger partial charge >= 0.3 is 0 Å². The third-order valence-electron chi connectivity index (χ3n) is 5.43. The van der Waals surface area contributed by atoms with Crippen LogP contribution in [-0.2, 0) is 0 Å². The fourth-order valence-electron chi connectivity index (χ4n) is 3.69. The summed E-state index contributed by atoms with van der Waals surface area (Å²) in [4.78, 5) is 0. The van der Waals surface area contributed by atoms with Crippen LogP contribution in [0.25, 0.3) is 0 Å². The Kier molecular flexibility index (Phi) is 2.20. The lowest BCUT2D eigenvalue weighted by Gasteiger charge is -2.55. The smallest absolute Gasteiger partial charge is 0.0274 e. The summed E-state index contributed by atoms with van der Waals surface area (Å²) < 4.78 is 0. The van der Waals surface area contributed by atoms with Gasteiger partial charge in [0.1, 0.15) is 0 Å². The molecule has 0 heteroatoms. The molecular weight excluding hydrogens is 156 g/mol. The third kappa shape index (κ3) is 1.33. The van der Waals surface area contributed by atoms with Gasteiger partial charge in [0.25, 0.3) is 0 Å². The van der Waals surface area contributed by atoms with Crippen molar-refractivity contribution in [1.29, 1.82) is 0 Å². The van der Waals surface area contributed by atoms with Crippen LogP contribution in [0.5, 0.6) is 0 Å². The van der Waals surface area contributed by atoms with Crippen molar-refractivity contribution in [2.75, 3.05) is 0 Å². The van der Waals surface area contributed by atoms with Crippen LogP contribution in [0.1, 0.15) is 65.7 Å². The Morgan fingerprint density at radius 1 is 0.923 bits per heavy atom. The standard InChI is InChI=1S/C13H24/c1-4-12-5-8-13(9-6-12,10-7-12)11(2)3/h11H,4-10H2,1-3H3. The summed E-state index contributed by atoms with van der Waals surface area (Å²) in [5.74, 6) is 0.919. The van der Waals surface area contributed by atoms with Crippen molar-refractivity contribution in [3.63, 3.8) is 0 Å². The van der Waals surface area contributed by atoms with E-state index in [0.29, 0.717) is 0 Å². The Balaban J connectivity index is 2.11. The average Bonchev–Trinajstić information content (AvgIpc) is 2.20. The first-order chi connectivity index (χ1) is 6.13. The lowest BCUT2D eigenvalue weighted by Crippen LogP contribution is -2.43. The van der Waals surface area contributed by atoms with Crippen molar-refractivity contribution in [1.82, 2.24) is 0 Å². The van der Waals surface area contributed by atoms with Crippen molar-refractivity contribution < 1.29 is 0 Å². The Hall–Kier alpha value is 0. The fourth-order valence-corrected chi connectivity index (χ4v) is 3.69. The predicted octanol–water partition coefficient (Wildman–Crippen LogP) is 4.39. The van der Waals surface area contributed by atoms with Crippen molar-refractivity contribution in [2.45, 2.75) is 65.7 Å². The van der Waals surface area contributed by atoms with Gasteiger partial charge < -0.3 is 0 Å². The van der Waals surface area contributed by atoms with Crippen LogP contribution in [0.15, 0.2) is 0 Å². The monoisotopic (exact) mass is 180 g/mol. The summed E-state index contributed by atoms with van der Waals surface area (Å²) in [7, 11) is 0. The molecule has 3 aliphatic rings. The minimum Gasteiger partial charge on any atom is -0.0649 e. The van der Waals surface area contributed by atoms with Gasteiger partial charge in [0.2, 0.25) is 0 Å². The second kappa shape index (κ2) is 3.00. The fraction of sp³-hybridized carbons (Fsp3) is 1.00. The van der Waals surface area contributed by atoms with Crippen LogP contribution in [0.4, 0.5) is 0 Å². The summed E-state index contributed by atoms with van der Waals surface area (Å²) in [6.07, 6.45) is 10.6. The second-order valence-corrected chi connectivity index (χ2v) is 5.87. The van der Waals surface area contributed by atoms with Crippen molar-refractivity contribution >= 4 is 0 Å². The molecule has 3 fully saturated rings. The van der Waals surface area contributed by atoms with Gasteiger partial charge in [0.05, 0.1) is 0 Å². The van der Waals surface area contributed by atoms with E-state index in [0.717, 1.165) is 16.7 Å². The largest absolute Gasteiger partial charge is 0.0649 e. The maximum Gasteiger partial charge on any atom is -0.0274 e. The number of rotatable bonds is 2. The SMILES string of the molecule is CCC12CCC(C(C)C)(CC1)CC2. The molecule has 0 N–H and O–H groups in total. The molecule has 3 saturated carbocycles. The van der Waals surface area contributed by atoms with Crippen LogP contribution in [0, 0.1) is 16.7 Å². The Morgan fingerprint density at radius 2 is 1.38 bits per heavy atom. The van der Waals surface area contributed by atoms with Crippen molar-refractivity contribution in [3.8, 4) is 0 Å². The highest BCUT2D eigenvalue weighted by Gasteiger charge is 2.48. The molecule has 0 heterocycles. The first kappa shape index (κ1) is 9.55. The molecule has 0 spiro atoms. The molecule has 0 radical (unpaired) electrons. The molecule has 0 unspecified atom stereocenters. The van der Waals surface area contributed by atoms with Gasteiger partial charge in [-0.25, -0.2) is 0 Å². The van der Waals surface area contributed by atoms with E-state index in [9.17, 15) is 0 Å². The first-order valence-electron chi connectivity index (χ1n) is 6.13. The summed E-state index contributed by atoms with van der Waals surface area (Å²) >= 11 is 0. The predicted molar refractivity (Wildman–Crippen MR) is 57.7 cm³/mol. The summed E-state index contributed by atoms with van der Waals surface area (Å²) in [5.41, 5.74) is 1.55.